The highest BCUT2D eigenvalue weighted by Gasteiger charge is 2.58. The molecule has 60 heteroatoms. The lowest BCUT2D eigenvalue weighted by atomic mass is 10.1. The molecule has 109 heavy (non-hydrogen) atoms. The minimum absolute atomic E-state index is 0. The fraction of sp³-hybridized carbons (Fsp3) is 0.122. The van der Waals surface area contributed by atoms with Crippen molar-refractivity contribution in [3.8, 4) is 34.0 Å². The van der Waals surface area contributed by atoms with E-state index in [2.05, 4.69) is 288 Å². The molecule has 0 aliphatic carbocycles. The molecule has 4 aromatic heterocycles. The van der Waals surface area contributed by atoms with Crippen molar-refractivity contribution in [2.45, 2.75) is 41.0 Å². The number of rotatable bonds is 35. The van der Waals surface area contributed by atoms with E-state index in [0.29, 0.717) is 60.1 Å². The van der Waals surface area contributed by atoms with Crippen LogP contribution < -0.4 is 25.8 Å². The zero-order chi connectivity index (χ0) is 79.8. The topological polar surface area (TPSA) is 150 Å². The van der Waals surface area contributed by atoms with E-state index in [1.807, 2.05) is 116 Å². The molecule has 0 aliphatic heterocycles. The van der Waals surface area contributed by atoms with Crippen molar-refractivity contribution in [3.05, 3.63) is 198 Å². The molecule has 4 N–H and O–H groups in total. The van der Waals surface area contributed by atoms with Gasteiger partial charge in [0.25, 0.3) is 5.82 Å². The summed E-state index contributed by atoms with van der Waals surface area (Å²) in [5.41, 5.74) is 15.8. The molecule has 4 heterocycles. The smallest absolute Gasteiger partial charge is 0.269 e. The number of benzene rings is 4. The Labute approximate surface area is 733 Å². The normalized spacial score (nSPS) is 12.9. The predicted octanol–water partition coefficient (Wildman–Crippen LogP) is 38.9. The molecule has 28 atom stereocenters. The molecular formula is C49H96N10O2P48. The molecule has 0 fully saturated rings. The van der Waals surface area contributed by atoms with Crippen molar-refractivity contribution in [2.24, 2.45) is 5.73 Å². The number of ether oxygens (including phenoxy) is 2. The Morgan fingerprint density at radius 3 is 0.945 bits per heavy atom. The summed E-state index contributed by atoms with van der Waals surface area (Å²) >= 11 is 0. The third kappa shape index (κ3) is 36.9. The highest BCUT2D eigenvalue weighted by atomic mass is 33.6. The number of nitrogens with zero attached hydrogens (tertiary/aromatic N) is 7. The molecule has 594 valence electrons. The van der Waals surface area contributed by atoms with Crippen LogP contribution in [0.15, 0.2) is 159 Å². The van der Waals surface area contributed by atoms with Crippen molar-refractivity contribution in [3.63, 3.8) is 0 Å². The molecule has 0 saturated carbocycles. The predicted molar refractivity (Wildman–Crippen MR) is 644 cm³/mol. The summed E-state index contributed by atoms with van der Waals surface area (Å²) in [5, 5.41) is 6.54. The van der Waals surface area contributed by atoms with E-state index in [0.717, 1.165) is 39.3 Å². The van der Waals surface area contributed by atoms with E-state index in [-0.39, 0.29) is 168 Å². The van der Waals surface area contributed by atoms with Crippen LogP contribution in [0.2, 0.25) is 0 Å². The number of aryl methyl sites for hydroxylation is 2. The van der Waals surface area contributed by atoms with Crippen LogP contribution in [0.25, 0.3) is 27.4 Å². The second-order valence-corrected chi connectivity index (χ2v) is 218. The Bertz CT molecular complexity index is 3870. The Morgan fingerprint density at radius 2 is 0.670 bits per heavy atom. The first-order chi connectivity index (χ1) is 51.2. The van der Waals surface area contributed by atoms with Gasteiger partial charge < -0.3 is 30.7 Å². The third-order valence-electron chi connectivity index (χ3n) is 13.3. The summed E-state index contributed by atoms with van der Waals surface area (Å²) in [5.74, 6) is 2.60. The molecule has 12 nitrogen and oxygen atoms in total. The summed E-state index contributed by atoms with van der Waals surface area (Å²) in [7, 11) is 86.5. The van der Waals surface area contributed by atoms with E-state index < -0.39 is 0 Å². The van der Waals surface area contributed by atoms with Crippen LogP contribution in [0.4, 0.5) is 28.8 Å². The van der Waals surface area contributed by atoms with Gasteiger partial charge in [-0.1, -0.05) is 134 Å². The van der Waals surface area contributed by atoms with E-state index in [9.17, 15) is 0 Å². The third-order valence-corrected chi connectivity index (χ3v) is 344. The number of anilines is 4. The van der Waals surface area contributed by atoms with E-state index in [4.69, 9.17) is 21.8 Å². The van der Waals surface area contributed by atoms with Crippen molar-refractivity contribution in [1.29, 1.82) is 0 Å². The zero-order valence-electron chi connectivity index (χ0n) is 57.9. The second kappa shape index (κ2) is 60.0. The SMILES string of the molecule is C.Cc1ccc(-c2ncnc(Nc3ccc(CN)nc3)c2OCc2ccccc2)cc1.PP(P)P(P)P(P(P)P)P(P(P(P)P)P(P)P)P(P(P(P(P)P)P(P)P)P(P(P)P)P(P)P)P(P(P(P)P)P(P)P)P(P(P)P)P(P)P.[C-]#[N+]c1ccc(Nc2ncnc(-c3ccc(C)cc3)c2OCc2ccccc2)cn1. The van der Waals surface area contributed by atoms with Gasteiger partial charge in [0.2, 0.25) is 0 Å². The number of nitrogens with one attached hydrogen (secondary N) is 2. The molecule has 0 saturated heterocycles. The molecular weight excluding hydrogens is 2250 g/mol. The summed E-state index contributed by atoms with van der Waals surface area (Å²) in [4.78, 5) is 29.6. The van der Waals surface area contributed by atoms with Crippen LogP contribution >= 0.6 is 384 Å². The molecule has 0 spiro atoms. The Balaban J connectivity index is 0.000000302. The number of pyridine rings is 2. The van der Waals surface area contributed by atoms with Crippen molar-refractivity contribution in [2.75, 3.05) is 10.6 Å². The van der Waals surface area contributed by atoms with Gasteiger partial charge in [0.05, 0.1) is 23.3 Å². The first kappa shape index (κ1) is 112. The lowest BCUT2D eigenvalue weighted by Gasteiger charge is -2.58. The van der Waals surface area contributed by atoms with Crippen LogP contribution in [0.3, 0.4) is 0 Å². The van der Waals surface area contributed by atoms with Crippen molar-refractivity contribution >= 4 is 413 Å². The molecule has 8 rings (SSSR count). The summed E-state index contributed by atoms with van der Waals surface area (Å²) in [6.45, 7) is 8.83. The van der Waals surface area contributed by atoms with Crippen LogP contribution in [0.5, 0.6) is 11.5 Å². The first-order valence-corrected chi connectivity index (χ1v) is 117. The number of hydrogen-bond acceptors (Lipinski definition) is 11. The van der Waals surface area contributed by atoms with Crippen molar-refractivity contribution in [1.82, 2.24) is 29.9 Å². The van der Waals surface area contributed by atoms with E-state index in [1.165, 1.54) is 23.8 Å². The molecule has 0 amide bonds. The van der Waals surface area contributed by atoms with Crippen molar-refractivity contribution < 1.29 is 9.47 Å². The van der Waals surface area contributed by atoms with Crippen LogP contribution in [0, 0.1) is 20.4 Å². The highest BCUT2D eigenvalue weighted by molar-refractivity contribution is 9.51. The lowest BCUT2D eigenvalue weighted by Crippen LogP contribution is -2.05. The summed E-state index contributed by atoms with van der Waals surface area (Å²) < 4.78 is 12.4. The monoisotopic (exact) mass is 2340 g/mol. The molecule has 0 radical (unpaired) electrons. The Morgan fingerprint density at radius 1 is 0.358 bits per heavy atom. The van der Waals surface area contributed by atoms with Gasteiger partial charge in [-0.05, 0) is 210 Å². The maximum absolute atomic E-state index is 7.05. The van der Waals surface area contributed by atoms with Crippen LogP contribution in [0.1, 0.15) is 35.4 Å². The van der Waals surface area contributed by atoms with E-state index in [1.54, 1.807) is 24.5 Å². The quantitative estimate of drug-likeness (QED) is 0.0257. The average molecular weight is 2340 g/mol. The van der Waals surface area contributed by atoms with Gasteiger partial charge in [0.1, 0.15) is 43.5 Å². The van der Waals surface area contributed by atoms with Gasteiger partial charge in [-0.25, -0.2) is 19.9 Å². The van der Waals surface area contributed by atoms with E-state index >= 15 is 0 Å². The maximum Gasteiger partial charge on any atom is 0.269 e. The fourth-order valence-electron chi connectivity index (χ4n) is 8.66. The number of aromatic nitrogens is 6. The standard InChI is InChI=1S/C24H19N5O.C24H23N5O.CH4.H50P48/c1-17-8-10-19(11-9-17)22-23(30-15-18-6-4-3-5-7-18)24(28-16-27-22)29-20-12-13-21(25-2)26-14-20;1-17-7-9-19(10-8-17)22-23(30-15-18-5-3-2-4-6-18)24(28-16-27-22)29-21-12-11-20(13-25)26-14-21;;1-26(2)38(25)44(37(23)24)47(43(35(19)20)36(21)22)48(45(39(27(3)4)28(5)6)40(29(7)8)30(9)10)46(41(31(11)12)32(13)14)42(33(15)16)34(17)18/h3-14,16H,15H2,1H3,(H,27,28,29);2-12,14,16H,13,15,25H2,1H3,(H,27,28,29);1H4;1-25H2. The Kier molecular flexibility index (Phi) is 61.7. The summed E-state index contributed by atoms with van der Waals surface area (Å²) in [6.07, 6.45) is 6.38. The van der Waals surface area contributed by atoms with Gasteiger partial charge in [-0.15, -0.1) is 228 Å². The maximum atomic E-state index is 7.05. The molecule has 0 aliphatic rings. The minimum Gasteiger partial charge on any atom is -0.483 e. The van der Waals surface area contributed by atoms with Gasteiger partial charge in [0, 0.05) is 17.7 Å². The number of hydrogen-bond donors (Lipinski definition) is 3. The average Bonchev–Trinajstić information content (AvgIpc) is 0.724. The van der Waals surface area contributed by atoms with Gasteiger partial charge in [0.15, 0.2) is 23.1 Å². The molecule has 0 bridgehead atoms. The van der Waals surface area contributed by atoms with Gasteiger partial charge in [-0.3, -0.25) is 4.98 Å². The van der Waals surface area contributed by atoms with Crippen LogP contribution in [-0.4, -0.2) is 29.9 Å². The number of nitrogens with two attached hydrogens (primary N) is 1. The Hall–Kier alpha value is 12.6. The second-order valence-electron chi connectivity index (χ2n) is 21.2. The molecule has 4 aromatic carbocycles. The lowest BCUT2D eigenvalue weighted by molar-refractivity contribution is 0.307. The molecule has 28 unspecified atom stereocenters. The fourth-order valence-corrected chi connectivity index (χ4v) is 674. The first-order valence-electron chi connectivity index (χ1n) is 30.0. The zero-order valence-corrected chi connectivity index (χ0v) is 107. The summed E-state index contributed by atoms with van der Waals surface area (Å²) in [6, 6.07) is 43.5. The van der Waals surface area contributed by atoms with Crippen LogP contribution in [-0.2, 0) is 19.8 Å². The van der Waals surface area contributed by atoms with Gasteiger partial charge >= 0.3 is 0 Å². The molecule has 8 aromatic rings. The van der Waals surface area contributed by atoms with Gasteiger partial charge in [-0.2, -0.15) is 0 Å². The minimum atomic E-state index is -0.190. The largest absolute Gasteiger partial charge is 0.483 e. The highest BCUT2D eigenvalue weighted by Crippen LogP contribution is 3.45.